The molecule has 1 aliphatic carbocycles. The number of hydrogen-bond acceptors (Lipinski definition) is 3. The predicted octanol–water partition coefficient (Wildman–Crippen LogP) is 4.43. The Morgan fingerprint density at radius 2 is 2.05 bits per heavy atom. The molecule has 108 valence electrons. The zero-order chi connectivity index (χ0) is 13.7. The summed E-state index contributed by atoms with van der Waals surface area (Å²) in [5.41, 5.74) is -0.146. The average Bonchev–Trinajstić information content (AvgIpc) is 2.70. The van der Waals surface area contributed by atoms with E-state index in [0.29, 0.717) is 0 Å². The van der Waals surface area contributed by atoms with Crippen LogP contribution in [-0.4, -0.2) is 19.3 Å². The van der Waals surface area contributed by atoms with Crippen molar-refractivity contribution in [3.63, 3.8) is 0 Å². The summed E-state index contributed by atoms with van der Waals surface area (Å²) in [5, 5.41) is 3.57. The second kappa shape index (κ2) is 6.91. The summed E-state index contributed by atoms with van der Waals surface area (Å²) in [6.07, 6.45) is 9.00. The van der Waals surface area contributed by atoms with Crippen molar-refractivity contribution in [3.05, 3.63) is 22.6 Å². The first-order valence-corrected chi connectivity index (χ1v) is 8.04. The Morgan fingerprint density at radius 1 is 1.37 bits per heavy atom. The molecule has 1 unspecified atom stereocenters. The van der Waals surface area contributed by atoms with E-state index < -0.39 is 0 Å². The first-order valence-electron chi connectivity index (χ1n) is 7.25. The summed E-state index contributed by atoms with van der Waals surface area (Å²) in [6, 6.07) is 2.07. The van der Waals surface area contributed by atoms with Gasteiger partial charge >= 0.3 is 0 Å². The summed E-state index contributed by atoms with van der Waals surface area (Å²) in [6.45, 7) is 3.03. The van der Waals surface area contributed by atoms with E-state index in [9.17, 15) is 0 Å². The number of rotatable bonds is 5. The molecule has 0 aliphatic heterocycles. The molecule has 3 nitrogen and oxygen atoms in total. The van der Waals surface area contributed by atoms with Crippen molar-refractivity contribution in [2.75, 3.05) is 13.7 Å². The molecule has 0 radical (unpaired) electrons. The number of hydrogen-bond donors (Lipinski definition) is 1. The van der Waals surface area contributed by atoms with Crippen molar-refractivity contribution >= 4 is 15.9 Å². The van der Waals surface area contributed by atoms with Crippen LogP contribution < -0.4 is 5.32 Å². The van der Waals surface area contributed by atoms with Gasteiger partial charge in [-0.2, -0.15) is 0 Å². The first-order chi connectivity index (χ1) is 9.23. The quantitative estimate of drug-likeness (QED) is 0.811. The minimum absolute atomic E-state index is 0.116. The fourth-order valence-corrected chi connectivity index (χ4v) is 3.60. The summed E-state index contributed by atoms with van der Waals surface area (Å²) < 4.78 is 12.7. The molecule has 1 aliphatic rings. The highest BCUT2D eigenvalue weighted by molar-refractivity contribution is 9.10. The van der Waals surface area contributed by atoms with Crippen LogP contribution in [0.3, 0.4) is 0 Å². The molecule has 1 N–H and O–H groups in total. The molecule has 1 atom stereocenters. The lowest BCUT2D eigenvalue weighted by atomic mass is 9.84. The van der Waals surface area contributed by atoms with Crippen molar-refractivity contribution in [1.82, 2.24) is 5.32 Å². The molecule has 0 saturated heterocycles. The molecule has 0 bridgehead atoms. The van der Waals surface area contributed by atoms with Crippen molar-refractivity contribution in [2.45, 2.75) is 57.1 Å². The molecule has 0 spiro atoms. The molecule has 1 aromatic rings. The molecule has 2 rings (SSSR count). The topological polar surface area (TPSA) is 34.4 Å². The van der Waals surface area contributed by atoms with Crippen LogP contribution in [0.25, 0.3) is 0 Å². The highest BCUT2D eigenvalue weighted by Gasteiger charge is 2.42. The van der Waals surface area contributed by atoms with Crippen LogP contribution in [0, 0.1) is 0 Å². The highest BCUT2D eigenvalue weighted by Crippen LogP contribution is 2.42. The molecular weight excluding hydrogens is 306 g/mol. The molecule has 19 heavy (non-hydrogen) atoms. The zero-order valence-electron chi connectivity index (χ0n) is 11.9. The summed E-state index contributed by atoms with van der Waals surface area (Å²) in [7, 11) is 1.84. The van der Waals surface area contributed by atoms with Gasteiger partial charge in [-0.1, -0.05) is 32.6 Å². The van der Waals surface area contributed by atoms with Crippen molar-refractivity contribution in [3.8, 4) is 0 Å². The zero-order valence-corrected chi connectivity index (χ0v) is 13.5. The van der Waals surface area contributed by atoms with Crippen molar-refractivity contribution in [2.24, 2.45) is 0 Å². The first kappa shape index (κ1) is 15.1. The molecule has 1 fully saturated rings. The van der Waals surface area contributed by atoms with Gasteiger partial charge in [0.2, 0.25) is 0 Å². The van der Waals surface area contributed by atoms with E-state index in [4.69, 9.17) is 9.15 Å². The second-order valence-corrected chi connectivity index (χ2v) is 6.16. The van der Waals surface area contributed by atoms with Crippen LogP contribution in [0.4, 0.5) is 0 Å². The number of halogens is 1. The SMILES string of the molecule is CCNC(c1occc1Br)C1(OC)CCCCCC1. The van der Waals surface area contributed by atoms with E-state index in [1.165, 1.54) is 25.7 Å². The van der Waals surface area contributed by atoms with Crippen LogP contribution in [-0.2, 0) is 4.74 Å². The van der Waals surface area contributed by atoms with Gasteiger partial charge in [0, 0.05) is 7.11 Å². The minimum atomic E-state index is -0.146. The van der Waals surface area contributed by atoms with Crippen LogP contribution in [0.15, 0.2) is 21.2 Å². The second-order valence-electron chi connectivity index (χ2n) is 5.31. The van der Waals surface area contributed by atoms with E-state index in [2.05, 4.69) is 28.2 Å². The van der Waals surface area contributed by atoms with E-state index in [-0.39, 0.29) is 11.6 Å². The van der Waals surface area contributed by atoms with Gasteiger partial charge in [-0.3, -0.25) is 0 Å². The number of ether oxygens (including phenoxy) is 1. The summed E-state index contributed by atoms with van der Waals surface area (Å²) >= 11 is 3.59. The number of nitrogens with one attached hydrogen (secondary N) is 1. The van der Waals surface area contributed by atoms with Gasteiger partial charge in [-0.05, 0) is 41.4 Å². The monoisotopic (exact) mass is 329 g/mol. The Kier molecular flexibility index (Phi) is 5.48. The number of furan rings is 1. The fourth-order valence-electron chi connectivity index (χ4n) is 3.17. The van der Waals surface area contributed by atoms with Gasteiger partial charge in [-0.15, -0.1) is 0 Å². The molecule has 4 heteroatoms. The third-order valence-corrected chi connectivity index (χ3v) is 4.85. The van der Waals surface area contributed by atoms with Gasteiger partial charge in [0.15, 0.2) is 0 Å². The molecule has 0 amide bonds. The molecule has 1 aromatic heterocycles. The van der Waals surface area contributed by atoms with Gasteiger partial charge in [0.1, 0.15) is 5.76 Å². The normalized spacial score (nSPS) is 21.0. The lowest BCUT2D eigenvalue weighted by Gasteiger charge is -2.38. The van der Waals surface area contributed by atoms with Gasteiger partial charge < -0.3 is 14.5 Å². The average molecular weight is 330 g/mol. The fraction of sp³-hybridized carbons (Fsp3) is 0.733. The van der Waals surface area contributed by atoms with Gasteiger partial charge in [0.25, 0.3) is 0 Å². The van der Waals surface area contributed by atoms with Crippen molar-refractivity contribution < 1.29 is 9.15 Å². The smallest absolute Gasteiger partial charge is 0.137 e. The molecule has 1 saturated carbocycles. The van der Waals surface area contributed by atoms with Crippen LogP contribution in [0.5, 0.6) is 0 Å². The molecule has 0 aromatic carbocycles. The van der Waals surface area contributed by atoms with Gasteiger partial charge in [0.05, 0.1) is 22.4 Å². The lowest BCUT2D eigenvalue weighted by Crippen LogP contribution is -2.45. The third-order valence-electron chi connectivity index (χ3n) is 4.20. The Morgan fingerprint density at radius 3 is 2.53 bits per heavy atom. The van der Waals surface area contributed by atoms with Crippen molar-refractivity contribution in [1.29, 1.82) is 0 Å². The standard InChI is InChI=1S/C15H24BrNO2/c1-3-17-14(13-12(16)8-11-19-13)15(18-2)9-6-4-5-7-10-15/h8,11,14,17H,3-7,9-10H2,1-2H3. The van der Waals surface area contributed by atoms with E-state index in [1.54, 1.807) is 6.26 Å². The Bertz CT molecular complexity index is 383. The minimum Gasteiger partial charge on any atom is -0.466 e. The third kappa shape index (κ3) is 3.23. The lowest BCUT2D eigenvalue weighted by molar-refractivity contribution is -0.0588. The maximum Gasteiger partial charge on any atom is 0.137 e. The van der Waals surface area contributed by atoms with E-state index in [1.807, 2.05) is 13.2 Å². The molecule has 1 heterocycles. The summed E-state index contributed by atoms with van der Waals surface area (Å²) in [5.74, 6) is 0.964. The Hall–Kier alpha value is -0.320. The molecular formula is C15H24BrNO2. The predicted molar refractivity (Wildman–Crippen MR) is 80.3 cm³/mol. The van der Waals surface area contributed by atoms with Crippen LogP contribution in [0.2, 0.25) is 0 Å². The van der Waals surface area contributed by atoms with Crippen LogP contribution >= 0.6 is 15.9 Å². The van der Waals surface area contributed by atoms with E-state index in [0.717, 1.165) is 29.6 Å². The largest absolute Gasteiger partial charge is 0.466 e. The maximum absolute atomic E-state index is 6.01. The Labute approximate surface area is 124 Å². The summed E-state index contributed by atoms with van der Waals surface area (Å²) in [4.78, 5) is 0. The Balaban J connectivity index is 2.31. The van der Waals surface area contributed by atoms with Gasteiger partial charge in [-0.25, -0.2) is 0 Å². The number of likely N-dealkylation sites (N-methyl/N-ethyl adjacent to an activating group) is 1. The van der Waals surface area contributed by atoms with E-state index >= 15 is 0 Å². The maximum atomic E-state index is 6.01. The highest BCUT2D eigenvalue weighted by atomic mass is 79.9. The number of methoxy groups -OCH3 is 1. The van der Waals surface area contributed by atoms with Crippen LogP contribution in [0.1, 0.15) is 57.3 Å².